The molecule has 17 nitrogen and oxygen atoms in total. The van der Waals surface area contributed by atoms with Crippen LogP contribution in [0.5, 0.6) is 5.75 Å². The lowest BCUT2D eigenvalue weighted by Crippen LogP contribution is -2.63. The highest BCUT2D eigenvalue weighted by Gasteiger charge is 2.53. The molecule has 3 aromatic heterocycles. The van der Waals surface area contributed by atoms with Crippen molar-refractivity contribution in [2.24, 2.45) is 0 Å². The maximum Gasteiger partial charge on any atom is 0.303 e. The highest BCUT2D eigenvalue weighted by Crippen LogP contribution is 2.35. The summed E-state index contributed by atoms with van der Waals surface area (Å²) in [5.41, 5.74) is 8.77. The lowest BCUT2D eigenvalue weighted by molar-refractivity contribution is -0.384. The lowest BCUT2D eigenvalue weighted by atomic mass is 9.98. The number of aromatic nitrogens is 4. The molecule has 1 fully saturated rings. The molecule has 8 rings (SSSR count). The Labute approximate surface area is 358 Å². The number of benzene rings is 2. The van der Waals surface area contributed by atoms with Crippen LogP contribution < -0.4 is 4.74 Å². The van der Waals surface area contributed by atoms with Gasteiger partial charge in [-0.25, -0.2) is 9.97 Å². The zero-order chi connectivity index (χ0) is 44.4. The third kappa shape index (κ3) is 9.38. The van der Waals surface area contributed by atoms with Crippen molar-refractivity contribution in [1.82, 2.24) is 19.9 Å². The number of carbonyl (C=O) groups excluding carboxylic acids is 4. The summed E-state index contributed by atoms with van der Waals surface area (Å²) in [6.45, 7) is 4.24. The van der Waals surface area contributed by atoms with Crippen LogP contribution in [0.25, 0.3) is 68.6 Å². The summed E-state index contributed by atoms with van der Waals surface area (Å²) < 4.78 is 34.2. The van der Waals surface area contributed by atoms with E-state index in [2.05, 4.69) is 9.97 Å². The molecule has 8 bridgehead atoms. The first-order valence-electron chi connectivity index (χ1n) is 19.7. The molecule has 2 N–H and O–H groups in total. The van der Waals surface area contributed by atoms with Gasteiger partial charge in [0.25, 0.3) is 5.69 Å². The van der Waals surface area contributed by atoms with Gasteiger partial charge in [0.05, 0.1) is 27.7 Å². The van der Waals surface area contributed by atoms with Gasteiger partial charge in [0.2, 0.25) is 12.4 Å². The molecule has 0 aliphatic carbocycles. The third-order valence-corrected chi connectivity index (χ3v) is 10.1. The van der Waals surface area contributed by atoms with Crippen molar-refractivity contribution < 1.29 is 52.5 Å². The average Bonchev–Trinajstić information content (AvgIpc) is 4.07. The lowest BCUT2D eigenvalue weighted by Gasteiger charge is -2.43. The number of nitrogens with zero attached hydrogens (tertiary/aromatic N) is 3. The fourth-order valence-corrected chi connectivity index (χ4v) is 7.55. The van der Waals surface area contributed by atoms with Crippen molar-refractivity contribution in [3.05, 3.63) is 118 Å². The van der Waals surface area contributed by atoms with Crippen LogP contribution in [-0.2, 0) is 42.9 Å². The van der Waals surface area contributed by atoms with Crippen LogP contribution in [0.3, 0.4) is 0 Å². The summed E-state index contributed by atoms with van der Waals surface area (Å²) in [5.74, 6) is -2.62. The Morgan fingerprint density at radius 2 is 1.13 bits per heavy atom. The highest BCUT2D eigenvalue weighted by molar-refractivity contribution is 5.93. The van der Waals surface area contributed by atoms with Gasteiger partial charge in [0, 0.05) is 73.0 Å². The maximum absolute atomic E-state index is 12.4. The van der Waals surface area contributed by atoms with Crippen LogP contribution in [-0.4, -0.2) is 86.0 Å². The molecule has 3 aliphatic rings. The number of nitro groups is 1. The smallest absolute Gasteiger partial charge is 0.303 e. The summed E-state index contributed by atoms with van der Waals surface area (Å²) in [4.78, 5) is 76.4. The van der Waals surface area contributed by atoms with E-state index in [4.69, 9.17) is 38.4 Å². The quantitative estimate of drug-likeness (QED) is 0.0594. The number of esters is 4. The number of ether oxygens (including phenoxy) is 6. The van der Waals surface area contributed by atoms with Crippen LogP contribution in [0.1, 0.15) is 50.5 Å². The molecule has 0 radical (unpaired) electrons. The molecule has 0 spiro atoms. The number of nitro benzene ring substituents is 1. The molecule has 5 atom stereocenters. The van der Waals surface area contributed by atoms with E-state index < -0.39 is 66.1 Å². The average molecular weight is 854 g/mol. The van der Waals surface area contributed by atoms with Gasteiger partial charge in [-0.15, -0.1) is 0 Å². The van der Waals surface area contributed by atoms with Gasteiger partial charge in [0.1, 0.15) is 18.5 Å². The zero-order valence-corrected chi connectivity index (χ0v) is 34.2. The van der Waals surface area contributed by atoms with Crippen molar-refractivity contribution in [2.75, 3.05) is 6.61 Å². The number of H-pyrrole nitrogens is 2. The fraction of sp³-hybridized carbons (Fsp3) is 0.217. The van der Waals surface area contributed by atoms with Gasteiger partial charge in [0.15, 0.2) is 12.2 Å². The van der Waals surface area contributed by atoms with E-state index in [0.29, 0.717) is 22.8 Å². The Hall–Kier alpha value is -7.92. The maximum atomic E-state index is 12.4. The van der Waals surface area contributed by atoms with Gasteiger partial charge >= 0.3 is 23.9 Å². The first-order valence-corrected chi connectivity index (χ1v) is 19.7. The largest absolute Gasteiger partial charge is 0.463 e. The third-order valence-electron chi connectivity index (χ3n) is 10.1. The predicted octanol–water partition coefficient (Wildman–Crippen LogP) is 7.36. The summed E-state index contributed by atoms with van der Waals surface area (Å²) in [6, 6.07) is 24.9. The molecule has 17 heteroatoms. The van der Waals surface area contributed by atoms with Gasteiger partial charge in [-0.05, 0) is 96.1 Å². The molecule has 1 saturated heterocycles. The number of nitrogens with one attached hydrogen (secondary N) is 2. The van der Waals surface area contributed by atoms with E-state index in [1.165, 1.54) is 19.1 Å². The number of hydrogen-bond acceptors (Lipinski definition) is 14. The first-order chi connectivity index (χ1) is 30.3. The molecule has 0 amide bonds. The minimum Gasteiger partial charge on any atom is -0.463 e. The Morgan fingerprint density at radius 3 is 1.62 bits per heavy atom. The van der Waals surface area contributed by atoms with Gasteiger partial charge in [-0.3, -0.25) is 29.3 Å². The summed E-state index contributed by atoms with van der Waals surface area (Å²) >= 11 is 0. The van der Waals surface area contributed by atoms with Crippen molar-refractivity contribution in [3.63, 3.8) is 0 Å². The van der Waals surface area contributed by atoms with Crippen molar-refractivity contribution >= 4 is 75.9 Å². The van der Waals surface area contributed by atoms with Crippen LogP contribution in [0.2, 0.25) is 0 Å². The summed E-state index contributed by atoms with van der Waals surface area (Å²) in [7, 11) is 0. The molecule has 2 aromatic carbocycles. The van der Waals surface area contributed by atoms with E-state index >= 15 is 0 Å². The topological polar surface area (TPSA) is 224 Å². The molecule has 320 valence electrons. The number of aromatic amines is 2. The fourth-order valence-electron chi connectivity index (χ4n) is 7.55. The molecule has 6 heterocycles. The number of fused-ring (bicyclic) bond motifs is 8. The number of rotatable bonds is 10. The van der Waals surface area contributed by atoms with Gasteiger partial charge in [-0.2, -0.15) is 0 Å². The number of hydrogen-bond donors (Lipinski definition) is 2. The Kier molecular flexibility index (Phi) is 11.7. The monoisotopic (exact) mass is 853 g/mol. The normalized spacial score (nSPS) is 18.9. The highest BCUT2D eigenvalue weighted by atomic mass is 16.7. The Bertz CT molecular complexity index is 2860. The van der Waals surface area contributed by atoms with E-state index in [-0.39, 0.29) is 11.4 Å². The molecular formula is C46H39N5O12. The van der Waals surface area contributed by atoms with Crippen molar-refractivity contribution in [3.8, 4) is 28.0 Å². The molecular weight excluding hydrogens is 815 g/mol. The summed E-state index contributed by atoms with van der Waals surface area (Å²) in [6.07, 6.45) is 0.905. The second-order valence-corrected chi connectivity index (χ2v) is 14.7. The van der Waals surface area contributed by atoms with Crippen molar-refractivity contribution in [1.29, 1.82) is 0 Å². The van der Waals surface area contributed by atoms with Crippen LogP contribution in [0.15, 0.2) is 84.9 Å². The SMILES string of the molecule is CC(=O)OC[C@H]1O[C@@H](Oc2ccc(-c3c4nc(cc5ccc([nH]5)c(-c5ccc([N+](=O)[O-])cc5)c5nc(cc6ccc3[nH]6)C=C5)C=C4)cc2)[C@H](OC(C)=O)[C@@H](OC(C)=O)[C@@H]1OC(C)=O. The van der Waals surface area contributed by atoms with Crippen LogP contribution >= 0.6 is 0 Å². The summed E-state index contributed by atoms with van der Waals surface area (Å²) in [5, 5.41) is 11.4. The first kappa shape index (κ1) is 41.8. The van der Waals surface area contributed by atoms with Gasteiger partial charge < -0.3 is 38.4 Å². The van der Waals surface area contributed by atoms with E-state index in [0.717, 1.165) is 65.1 Å². The predicted molar refractivity (Wildman–Crippen MR) is 229 cm³/mol. The molecule has 0 unspecified atom stereocenters. The molecule has 0 saturated carbocycles. The Morgan fingerprint density at radius 1 is 0.635 bits per heavy atom. The van der Waals surface area contributed by atoms with Crippen LogP contribution in [0, 0.1) is 10.1 Å². The van der Waals surface area contributed by atoms with Gasteiger partial charge in [-0.1, -0.05) is 12.1 Å². The standard InChI is InChI=1S/C46H39N5O12/c1-24(52)58-23-40-43(59-25(2)53)44(60-26(3)54)45(61-27(4)55)46(63-40)62-35-15-7-29(8-16-35)42-38-19-11-32(49-38)21-30-9-17-36(47-30)41(28-5-13-34(14-6-28)51(56)57)37-18-10-31(48-37)22-33-12-20-39(42)50-33/h5-22,40,43-47,50H,23H2,1-4H3/t40-,43-,44+,45-,46-/m1/s1. The van der Waals surface area contributed by atoms with E-state index in [1.807, 2.05) is 72.8 Å². The Balaban J connectivity index is 1.18. The minimum absolute atomic E-state index is 0.0122. The number of carbonyl (C=O) groups is 4. The second kappa shape index (κ2) is 17.6. The zero-order valence-electron chi connectivity index (χ0n) is 34.2. The number of non-ortho nitro benzene ring substituents is 1. The van der Waals surface area contributed by atoms with E-state index in [9.17, 15) is 29.3 Å². The molecule has 5 aromatic rings. The van der Waals surface area contributed by atoms with E-state index in [1.54, 1.807) is 24.3 Å². The van der Waals surface area contributed by atoms with Crippen molar-refractivity contribution in [2.45, 2.75) is 58.4 Å². The molecule has 63 heavy (non-hydrogen) atoms. The molecule has 3 aliphatic heterocycles. The van der Waals surface area contributed by atoms with Crippen LogP contribution in [0.4, 0.5) is 5.69 Å². The second-order valence-electron chi connectivity index (χ2n) is 14.7. The minimum atomic E-state index is -1.41.